The van der Waals surface area contributed by atoms with Crippen LogP contribution in [0.4, 0.5) is 5.82 Å². The molecule has 0 bridgehead atoms. The van der Waals surface area contributed by atoms with Gasteiger partial charge in [0.25, 0.3) is 0 Å². The fourth-order valence-corrected chi connectivity index (χ4v) is 3.08. The number of piperidine rings is 1. The van der Waals surface area contributed by atoms with E-state index in [0.717, 1.165) is 17.5 Å². The van der Waals surface area contributed by atoms with Gasteiger partial charge in [0.15, 0.2) is 0 Å². The van der Waals surface area contributed by atoms with Gasteiger partial charge in [0.05, 0.1) is 12.8 Å². The second kappa shape index (κ2) is 7.95. The Morgan fingerprint density at radius 3 is 2.96 bits per heavy atom. The molecule has 1 aliphatic rings. The number of nitrogens with zero attached hydrogens (tertiary/aromatic N) is 2. The Labute approximate surface area is 152 Å². The van der Waals surface area contributed by atoms with Crippen molar-refractivity contribution in [3.8, 4) is 17.0 Å². The third-order valence-corrected chi connectivity index (χ3v) is 4.39. The van der Waals surface area contributed by atoms with Gasteiger partial charge < -0.3 is 15.4 Å². The first kappa shape index (κ1) is 17.8. The van der Waals surface area contributed by atoms with Gasteiger partial charge in [-0.2, -0.15) is 0 Å². The average molecular weight is 354 g/mol. The molecule has 2 amide bonds. The van der Waals surface area contributed by atoms with Gasteiger partial charge in [-0.25, -0.2) is 9.97 Å². The number of amides is 2. The van der Waals surface area contributed by atoms with E-state index in [0.29, 0.717) is 36.6 Å². The molecule has 0 spiro atoms. The number of carbonyl (C=O) groups excluding carboxylic acids is 2. The summed E-state index contributed by atoms with van der Waals surface area (Å²) in [6, 6.07) is 7.56. The van der Waals surface area contributed by atoms with Crippen molar-refractivity contribution >= 4 is 17.6 Å². The molecule has 1 aromatic heterocycles. The number of methoxy groups -OCH3 is 1. The maximum Gasteiger partial charge on any atom is 0.225 e. The van der Waals surface area contributed by atoms with Gasteiger partial charge in [-0.3, -0.25) is 9.59 Å². The molecule has 0 aliphatic carbocycles. The molecular formula is C19H22N4O3. The Balaban J connectivity index is 1.72. The van der Waals surface area contributed by atoms with Gasteiger partial charge >= 0.3 is 0 Å². The first-order valence-corrected chi connectivity index (χ1v) is 8.59. The SMILES string of the molecule is COc1ccc(C)cc1-c1cc(NC(=O)CC2CCNC(=O)C2)ncn1. The zero-order valence-corrected chi connectivity index (χ0v) is 14.9. The summed E-state index contributed by atoms with van der Waals surface area (Å²) in [5, 5.41) is 5.58. The Hall–Kier alpha value is -2.96. The number of nitrogens with one attached hydrogen (secondary N) is 2. The number of hydrogen-bond acceptors (Lipinski definition) is 5. The molecule has 7 heteroatoms. The van der Waals surface area contributed by atoms with Crippen molar-refractivity contribution in [1.82, 2.24) is 15.3 Å². The highest BCUT2D eigenvalue weighted by Gasteiger charge is 2.22. The Bertz CT molecular complexity index is 822. The molecule has 1 unspecified atom stereocenters. The predicted molar refractivity (Wildman–Crippen MR) is 97.7 cm³/mol. The number of aryl methyl sites for hydroxylation is 1. The Kier molecular flexibility index (Phi) is 5.46. The number of anilines is 1. The molecule has 136 valence electrons. The van der Waals surface area contributed by atoms with Gasteiger partial charge in [0.1, 0.15) is 17.9 Å². The number of hydrogen-bond donors (Lipinski definition) is 2. The molecule has 1 saturated heterocycles. The van der Waals surface area contributed by atoms with E-state index in [2.05, 4.69) is 20.6 Å². The van der Waals surface area contributed by atoms with E-state index in [1.54, 1.807) is 13.2 Å². The van der Waals surface area contributed by atoms with Crippen LogP contribution in [-0.4, -0.2) is 35.4 Å². The fraction of sp³-hybridized carbons (Fsp3) is 0.368. The zero-order chi connectivity index (χ0) is 18.5. The smallest absolute Gasteiger partial charge is 0.225 e. The van der Waals surface area contributed by atoms with Crippen molar-refractivity contribution in [2.45, 2.75) is 26.2 Å². The lowest BCUT2D eigenvalue weighted by Crippen LogP contribution is -2.35. The number of ether oxygens (including phenoxy) is 1. The van der Waals surface area contributed by atoms with E-state index in [1.165, 1.54) is 6.33 Å². The highest BCUT2D eigenvalue weighted by molar-refractivity contribution is 5.91. The first-order chi connectivity index (χ1) is 12.5. The van der Waals surface area contributed by atoms with E-state index >= 15 is 0 Å². The second-order valence-electron chi connectivity index (χ2n) is 6.45. The summed E-state index contributed by atoms with van der Waals surface area (Å²) in [4.78, 5) is 32.1. The molecular weight excluding hydrogens is 332 g/mol. The minimum Gasteiger partial charge on any atom is -0.496 e. The molecule has 7 nitrogen and oxygen atoms in total. The standard InChI is InChI=1S/C19H22N4O3/c1-12-3-4-16(26-2)14(7-12)15-10-17(22-11-21-15)23-19(25)9-13-5-6-20-18(24)8-13/h3-4,7,10-11,13H,5-6,8-9H2,1-2H3,(H,20,24)(H,21,22,23,25). The summed E-state index contributed by atoms with van der Waals surface area (Å²) in [5.41, 5.74) is 2.60. The lowest BCUT2D eigenvalue weighted by Gasteiger charge is -2.21. The van der Waals surface area contributed by atoms with Crippen LogP contribution in [-0.2, 0) is 9.59 Å². The summed E-state index contributed by atoms with van der Waals surface area (Å²) in [6.07, 6.45) is 2.93. The summed E-state index contributed by atoms with van der Waals surface area (Å²) in [5.74, 6) is 1.07. The van der Waals surface area contributed by atoms with E-state index in [-0.39, 0.29) is 17.7 Å². The highest BCUT2D eigenvalue weighted by Crippen LogP contribution is 2.30. The van der Waals surface area contributed by atoms with Gasteiger partial charge in [-0.1, -0.05) is 11.6 Å². The van der Waals surface area contributed by atoms with Crippen LogP contribution in [0.3, 0.4) is 0 Å². The lowest BCUT2D eigenvalue weighted by atomic mass is 9.94. The van der Waals surface area contributed by atoms with Crippen LogP contribution in [0, 0.1) is 12.8 Å². The topological polar surface area (TPSA) is 93.2 Å². The van der Waals surface area contributed by atoms with Crippen molar-refractivity contribution in [2.24, 2.45) is 5.92 Å². The number of benzene rings is 1. The fourth-order valence-electron chi connectivity index (χ4n) is 3.08. The maximum atomic E-state index is 12.3. The van der Waals surface area contributed by atoms with E-state index in [4.69, 9.17) is 4.74 Å². The van der Waals surface area contributed by atoms with Crippen LogP contribution >= 0.6 is 0 Å². The monoisotopic (exact) mass is 354 g/mol. The largest absolute Gasteiger partial charge is 0.496 e. The first-order valence-electron chi connectivity index (χ1n) is 8.59. The zero-order valence-electron chi connectivity index (χ0n) is 14.9. The molecule has 2 heterocycles. The third-order valence-electron chi connectivity index (χ3n) is 4.39. The number of rotatable bonds is 5. The van der Waals surface area contributed by atoms with Crippen molar-refractivity contribution < 1.29 is 14.3 Å². The molecule has 0 saturated carbocycles. The van der Waals surface area contributed by atoms with Gasteiger partial charge in [-0.15, -0.1) is 0 Å². The van der Waals surface area contributed by atoms with Crippen molar-refractivity contribution in [2.75, 3.05) is 19.0 Å². The van der Waals surface area contributed by atoms with Crippen LogP contribution in [0.1, 0.15) is 24.8 Å². The van der Waals surface area contributed by atoms with E-state index in [9.17, 15) is 9.59 Å². The lowest BCUT2D eigenvalue weighted by molar-refractivity contribution is -0.124. The Morgan fingerprint density at radius 1 is 1.35 bits per heavy atom. The number of carbonyl (C=O) groups is 2. The van der Waals surface area contributed by atoms with Gasteiger partial charge in [-0.05, 0) is 31.4 Å². The summed E-state index contributed by atoms with van der Waals surface area (Å²) in [7, 11) is 1.61. The van der Waals surface area contributed by atoms with E-state index < -0.39 is 0 Å². The van der Waals surface area contributed by atoms with Crippen molar-refractivity contribution in [3.05, 3.63) is 36.2 Å². The normalized spacial score (nSPS) is 16.7. The summed E-state index contributed by atoms with van der Waals surface area (Å²) >= 11 is 0. The molecule has 1 aromatic carbocycles. The summed E-state index contributed by atoms with van der Waals surface area (Å²) < 4.78 is 5.40. The minimum atomic E-state index is -0.148. The van der Waals surface area contributed by atoms with Gasteiger partial charge in [0.2, 0.25) is 11.8 Å². The van der Waals surface area contributed by atoms with Crippen molar-refractivity contribution in [3.63, 3.8) is 0 Å². The molecule has 26 heavy (non-hydrogen) atoms. The second-order valence-corrected chi connectivity index (χ2v) is 6.45. The Morgan fingerprint density at radius 2 is 2.19 bits per heavy atom. The van der Waals surface area contributed by atoms with Crippen LogP contribution in [0.25, 0.3) is 11.3 Å². The molecule has 2 aromatic rings. The molecule has 2 N–H and O–H groups in total. The molecule has 1 atom stereocenters. The molecule has 0 radical (unpaired) electrons. The third kappa shape index (κ3) is 4.36. The van der Waals surface area contributed by atoms with Crippen LogP contribution in [0.2, 0.25) is 0 Å². The predicted octanol–water partition coefficient (Wildman–Crippen LogP) is 2.32. The summed E-state index contributed by atoms with van der Waals surface area (Å²) in [6.45, 7) is 2.62. The quantitative estimate of drug-likeness (QED) is 0.859. The van der Waals surface area contributed by atoms with Crippen LogP contribution < -0.4 is 15.4 Å². The number of aromatic nitrogens is 2. The highest BCUT2D eigenvalue weighted by atomic mass is 16.5. The van der Waals surface area contributed by atoms with E-state index in [1.807, 2.05) is 25.1 Å². The molecule has 3 rings (SSSR count). The minimum absolute atomic E-state index is 0.00455. The van der Waals surface area contributed by atoms with Gasteiger partial charge in [0, 0.05) is 31.0 Å². The van der Waals surface area contributed by atoms with Crippen molar-refractivity contribution in [1.29, 1.82) is 0 Å². The molecule has 1 fully saturated rings. The molecule has 1 aliphatic heterocycles. The van der Waals surface area contributed by atoms with Crippen LogP contribution in [0.15, 0.2) is 30.6 Å². The maximum absolute atomic E-state index is 12.3. The van der Waals surface area contributed by atoms with Crippen LogP contribution in [0.5, 0.6) is 5.75 Å². The average Bonchev–Trinajstić information content (AvgIpc) is 2.62.